The molecule has 2 atom stereocenters. The Labute approximate surface area is 168 Å². The van der Waals surface area contributed by atoms with Crippen LogP contribution in [-0.4, -0.2) is 39.2 Å². The first kappa shape index (κ1) is 22.6. The smallest absolute Gasteiger partial charge is 0.192 e. The average molecular weight is 392 g/mol. The number of fused-ring (bicyclic) bond motifs is 1. The maximum absolute atomic E-state index is 10.8. The fourth-order valence-corrected chi connectivity index (χ4v) is 4.69. The summed E-state index contributed by atoms with van der Waals surface area (Å²) in [6, 6.07) is 8.84. The number of aliphatic hydroxyl groups is 1. The molecule has 1 aliphatic heterocycles. The average Bonchev–Trinajstić information content (AvgIpc) is 2.64. The summed E-state index contributed by atoms with van der Waals surface area (Å²) in [6.45, 7) is 13.9. The summed E-state index contributed by atoms with van der Waals surface area (Å²) in [4.78, 5) is 0. The molecular formula is C23H41NO2Si. The Hall–Kier alpha value is -0.683. The molecule has 1 aromatic carbocycles. The van der Waals surface area contributed by atoms with Gasteiger partial charge in [0.2, 0.25) is 0 Å². The molecule has 2 N–H and O–H groups in total. The summed E-state index contributed by atoms with van der Waals surface area (Å²) in [5.74, 6) is 0.428. The third kappa shape index (κ3) is 7.01. The first-order valence-corrected chi connectivity index (χ1v) is 13.7. The Bertz CT molecular complexity index is 568. The standard InChI is InChI=1S/C23H41NO2Si/c1-23(2,3)27(4,5)26-18-21(25)17-20-12-7-6-10-15-24-16-14-19-11-8-9-13-22(19)20/h8-9,11,13,20-21,24-25H,6-7,10,12,14-18H2,1-5H3/t20?,21-/m0/s1. The second-order valence-electron chi connectivity index (χ2n) is 9.71. The van der Waals surface area contributed by atoms with E-state index in [0.717, 1.165) is 32.4 Å². The monoisotopic (exact) mass is 391 g/mol. The molecule has 0 saturated carbocycles. The van der Waals surface area contributed by atoms with Crippen molar-refractivity contribution in [1.29, 1.82) is 0 Å². The number of hydrogen-bond donors (Lipinski definition) is 2. The lowest BCUT2D eigenvalue weighted by atomic mass is 9.85. The van der Waals surface area contributed by atoms with Crippen molar-refractivity contribution < 1.29 is 9.53 Å². The number of nitrogens with one attached hydrogen (secondary N) is 1. The van der Waals surface area contributed by atoms with Crippen molar-refractivity contribution in [1.82, 2.24) is 5.32 Å². The summed E-state index contributed by atoms with van der Waals surface area (Å²) in [6.07, 6.45) is 6.40. The van der Waals surface area contributed by atoms with Crippen LogP contribution < -0.4 is 5.32 Å². The summed E-state index contributed by atoms with van der Waals surface area (Å²) in [5, 5.41) is 14.5. The molecule has 1 heterocycles. The van der Waals surface area contributed by atoms with Gasteiger partial charge in [-0.2, -0.15) is 0 Å². The van der Waals surface area contributed by atoms with Crippen molar-refractivity contribution >= 4 is 8.32 Å². The number of aliphatic hydroxyl groups excluding tert-OH is 1. The molecule has 0 radical (unpaired) electrons. The molecule has 0 saturated heterocycles. The molecule has 1 aromatic rings. The maximum atomic E-state index is 10.8. The first-order chi connectivity index (χ1) is 12.7. The topological polar surface area (TPSA) is 41.5 Å². The zero-order chi connectivity index (χ0) is 19.9. The van der Waals surface area contributed by atoms with E-state index in [1.54, 1.807) is 0 Å². The minimum atomic E-state index is -1.81. The van der Waals surface area contributed by atoms with Crippen molar-refractivity contribution in [3.8, 4) is 0 Å². The van der Waals surface area contributed by atoms with Crippen LogP contribution in [0.15, 0.2) is 24.3 Å². The van der Waals surface area contributed by atoms with Gasteiger partial charge in [0.1, 0.15) is 0 Å². The van der Waals surface area contributed by atoms with Crippen LogP contribution >= 0.6 is 0 Å². The minimum absolute atomic E-state index is 0.182. The molecule has 0 aliphatic carbocycles. The molecule has 0 bridgehead atoms. The quantitative estimate of drug-likeness (QED) is 0.674. The second kappa shape index (κ2) is 10.2. The predicted octanol–water partition coefficient (Wildman–Crippen LogP) is 5.25. The van der Waals surface area contributed by atoms with E-state index >= 15 is 0 Å². The first-order valence-electron chi connectivity index (χ1n) is 10.8. The molecule has 0 aromatic heterocycles. The molecule has 3 nitrogen and oxygen atoms in total. The van der Waals surface area contributed by atoms with E-state index in [9.17, 15) is 5.11 Å². The Kier molecular flexibility index (Phi) is 8.54. The van der Waals surface area contributed by atoms with Crippen LogP contribution in [-0.2, 0) is 10.8 Å². The van der Waals surface area contributed by atoms with Crippen LogP contribution in [0.1, 0.15) is 69.9 Å². The van der Waals surface area contributed by atoms with Crippen LogP contribution in [0.25, 0.3) is 0 Å². The normalized spacial score (nSPS) is 21.2. The van der Waals surface area contributed by atoms with Crippen LogP contribution in [0.5, 0.6) is 0 Å². The van der Waals surface area contributed by atoms with Crippen molar-refractivity contribution in [3.05, 3.63) is 35.4 Å². The lowest BCUT2D eigenvalue weighted by Gasteiger charge is -2.37. The molecule has 0 spiro atoms. The predicted molar refractivity (Wildman–Crippen MR) is 118 cm³/mol. The Morgan fingerprint density at radius 1 is 1.15 bits per heavy atom. The van der Waals surface area contributed by atoms with Crippen molar-refractivity contribution in [2.75, 3.05) is 19.7 Å². The summed E-state index contributed by atoms with van der Waals surface area (Å²) < 4.78 is 6.28. The van der Waals surface area contributed by atoms with E-state index in [1.165, 1.54) is 30.4 Å². The SMILES string of the molecule is CC(C)(C)[Si](C)(C)OC[C@@H](O)CC1CCCCCNCCc2ccccc21. The van der Waals surface area contributed by atoms with Gasteiger partial charge in [0.05, 0.1) is 12.7 Å². The molecule has 2 rings (SSSR count). The summed E-state index contributed by atoms with van der Waals surface area (Å²) >= 11 is 0. The van der Waals surface area contributed by atoms with E-state index in [0.29, 0.717) is 12.5 Å². The highest BCUT2D eigenvalue weighted by molar-refractivity contribution is 6.74. The fourth-order valence-electron chi connectivity index (χ4n) is 3.64. The lowest BCUT2D eigenvalue weighted by Crippen LogP contribution is -2.42. The molecule has 1 unspecified atom stereocenters. The molecule has 27 heavy (non-hydrogen) atoms. The van der Waals surface area contributed by atoms with Crippen molar-refractivity contribution in [2.24, 2.45) is 0 Å². The Balaban J connectivity index is 2.05. The van der Waals surface area contributed by atoms with E-state index in [4.69, 9.17) is 4.43 Å². The van der Waals surface area contributed by atoms with Gasteiger partial charge in [-0.1, -0.05) is 57.9 Å². The van der Waals surface area contributed by atoms with E-state index in [-0.39, 0.29) is 11.1 Å². The van der Waals surface area contributed by atoms with Gasteiger partial charge < -0.3 is 14.8 Å². The third-order valence-corrected chi connectivity index (χ3v) is 11.0. The highest BCUT2D eigenvalue weighted by Crippen LogP contribution is 2.37. The summed E-state index contributed by atoms with van der Waals surface area (Å²) in [5.41, 5.74) is 2.88. The number of rotatable bonds is 5. The Morgan fingerprint density at radius 2 is 1.89 bits per heavy atom. The minimum Gasteiger partial charge on any atom is -0.414 e. The van der Waals surface area contributed by atoms with E-state index in [2.05, 4.69) is 63.4 Å². The van der Waals surface area contributed by atoms with Crippen LogP contribution in [0.4, 0.5) is 0 Å². The highest BCUT2D eigenvalue weighted by atomic mass is 28.4. The van der Waals surface area contributed by atoms with Gasteiger partial charge >= 0.3 is 0 Å². The van der Waals surface area contributed by atoms with Gasteiger partial charge in [-0.3, -0.25) is 0 Å². The number of benzene rings is 1. The van der Waals surface area contributed by atoms with Crippen LogP contribution in [0, 0.1) is 0 Å². The molecule has 0 fully saturated rings. The van der Waals surface area contributed by atoms with Crippen LogP contribution in [0.2, 0.25) is 18.1 Å². The van der Waals surface area contributed by atoms with Gasteiger partial charge in [-0.15, -0.1) is 0 Å². The maximum Gasteiger partial charge on any atom is 0.192 e. The Morgan fingerprint density at radius 3 is 2.63 bits per heavy atom. The lowest BCUT2D eigenvalue weighted by molar-refractivity contribution is 0.0855. The van der Waals surface area contributed by atoms with Gasteiger partial charge in [0, 0.05) is 0 Å². The van der Waals surface area contributed by atoms with Gasteiger partial charge in [-0.05, 0) is 73.9 Å². The van der Waals surface area contributed by atoms with E-state index < -0.39 is 8.32 Å². The molecule has 0 amide bonds. The zero-order valence-corrected chi connectivity index (χ0v) is 19.2. The fraction of sp³-hybridized carbons (Fsp3) is 0.739. The largest absolute Gasteiger partial charge is 0.414 e. The zero-order valence-electron chi connectivity index (χ0n) is 18.2. The highest BCUT2D eigenvalue weighted by Gasteiger charge is 2.37. The summed E-state index contributed by atoms with van der Waals surface area (Å²) in [7, 11) is -1.81. The number of hydrogen-bond acceptors (Lipinski definition) is 3. The molecular weight excluding hydrogens is 350 g/mol. The third-order valence-electron chi connectivity index (χ3n) is 6.47. The van der Waals surface area contributed by atoms with E-state index in [1.807, 2.05) is 0 Å². The molecule has 154 valence electrons. The van der Waals surface area contributed by atoms with Crippen molar-refractivity contribution in [3.63, 3.8) is 0 Å². The molecule has 1 aliphatic rings. The van der Waals surface area contributed by atoms with Crippen LogP contribution in [0.3, 0.4) is 0 Å². The van der Waals surface area contributed by atoms with Gasteiger partial charge in [0.25, 0.3) is 0 Å². The second-order valence-corrected chi connectivity index (χ2v) is 14.5. The molecule has 4 heteroatoms. The van der Waals surface area contributed by atoms with Gasteiger partial charge in [0.15, 0.2) is 8.32 Å². The van der Waals surface area contributed by atoms with Crippen molar-refractivity contribution in [2.45, 2.75) is 89.5 Å². The van der Waals surface area contributed by atoms with Gasteiger partial charge in [-0.25, -0.2) is 0 Å².